The number of aromatic nitrogens is 2. The minimum Gasteiger partial charge on any atom is -0.298 e. The number of thioether (sulfide) groups is 1. The lowest BCUT2D eigenvalue weighted by molar-refractivity contribution is 0.102. The van der Waals surface area contributed by atoms with Gasteiger partial charge in [0.15, 0.2) is 5.13 Å². The number of nitrogens with zero attached hydrogens (tertiary/aromatic N) is 2. The van der Waals surface area contributed by atoms with Crippen molar-refractivity contribution in [1.82, 2.24) is 9.97 Å². The second-order valence-electron chi connectivity index (χ2n) is 3.89. The summed E-state index contributed by atoms with van der Waals surface area (Å²) in [5.41, 5.74) is 1.62. The molecule has 0 fully saturated rings. The lowest BCUT2D eigenvalue weighted by Gasteiger charge is -2.05. The predicted molar refractivity (Wildman–Crippen MR) is 80.2 cm³/mol. The molecule has 2 aromatic rings. The van der Waals surface area contributed by atoms with Gasteiger partial charge in [-0.05, 0) is 31.7 Å². The Hall–Kier alpha value is -1.40. The van der Waals surface area contributed by atoms with Crippen LogP contribution in [-0.2, 0) is 6.42 Å². The van der Waals surface area contributed by atoms with E-state index in [-0.39, 0.29) is 5.91 Å². The van der Waals surface area contributed by atoms with Crippen LogP contribution in [0.15, 0.2) is 23.4 Å². The van der Waals surface area contributed by atoms with Gasteiger partial charge in [0.1, 0.15) is 5.03 Å². The number of nitrogens with one attached hydrogen (secondary N) is 1. The van der Waals surface area contributed by atoms with Crippen LogP contribution in [0.2, 0.25) is 0 Å². The Bertz CT molecular complexity index is 595. The van der Waals surface area contributed by atoms with Crippen molar-refractivity contribution in [3.63, 3.8) is 0 Å². The average molecular weight is 293 g/mol. The van der Waals surface area contributed by atoms with Crippen molar-refractivity contribution in [2.75, 3.05) is 11.6 Å². The molecule has 4 nitrogen and oxygen atoms in total. The summed E-state index contributed by atoms with van der Waals surface area (Å²) in [6.07, 6.45) is 4.47. The number of anilines is 1. The number of thiazole rings is 1. The Morgan fingerprint density at radius 3 is 2.95 bits per heavy atom. The highest BCUT2D eigenvalue weighted by atomic mass is 32.2. The van der Waals surface area contributed by atoms with E-state index in [1.54, 1.807) is 18.3 Å². The van der Waals surface area contributed by atoms with Crippen molar-refractivity contribution in [2.24, 2.45) is 0 Å². The van der Waals surface area contributed by atoms with E-state index in [1.807, 2.05) is 13.2 Å². The Kier molecular flexibility index (Phi) is 4.55. The molecule has 0 unspecified atom stereocenters. The Labute approximate surface area is 120 Å². The van der Waals surface area contributed by atoms with Gasteiger partial charge in [0, 0.05) is 11.1 Å². The zero-order chi connectivity index (χ0) is 13.8. The van der Waals surface area contributed by atoms with Gasteiger partial charge in [-0.1, -0.05) is 6.92 Å². The molecule has 0 saturated heterocycles. The van der Waals surface area contributed by atoms with E-state index in [9.17, 15) is 4.79 Å². The monoisotopic (exact) mass is 293 g/mol. The maximum absolute atomic E-state index is 12.2. The molecule has 0 spiro atoms. The van der Waals surface area contributed by atoms with Crippen molar-refractivity contribution in [3.8, 4) is 0 Å². The third-order valence-electron chi connectivity index (χ3n) is 2.66. The summed E-state index contributed by atoms with van der Waals surface area (Å²) < 4.78 is 0. The summed E-state index contributed by atoms with van der Waals surface area (Å²) in [5.74, 6) is -0.158. The highest BCUT2D eigenvalue weighted by Crippen LogP contribution is 2.24. The fraction of sp³-hybridized carbons (Fsp3) is 0.308. The van der Waals surface area contributed by atoms with Crippen LogP contribution in [0.25, 0.3) is 0 Å². The molecule has 2 rings (SSSR count). The van der Waals surface area contributed by atoms with Gasteiger partial charge in [0.05, 0.1) is 11.3 Å². The minimum atomic E-state index is -0.158. The number of carbonyl (C=O) groups excluding carboxylic acids is 1. The molecule has 1 N–H and O–H groups in total. The molecule has 19 heavy (non-hydrogen) atoms. The fourth-order valence-corrected chi connectivity index (χ4v) is 3.14. The van der Waals surface area contributed by atoms with Gasteiger partial charge in [-0.2, -0.15) is 0 Å². The molecular formula is C13H15N3OS2. The third-order valence-corrected chi connectivity index (χ3v) is 4.30. The van der Waals surface area contributed by atoms with Crippen LogP contribution in [0.5, 0.6) is 0 Å². The first-order valence-corrected chi connectivity index (χ1v) is 7.96. The second kappa shape index (κ2) is 6.16. The smallest absolute Gasteiger partial charge is 0.260 e. The molecule has 2 heterocycles. The largest absolute Gasteiger partial charge is 0.298 e. The molecule has 6 heteroatoms. The summed E-state index contributed by atoms with van der Waals surface area (Å²) in [6, 6.07) is 3.54. The summed E-state index contributed by atoms with van der Waals surface area (Å²) in [7, 11) is 0. The molecule has 0 aliphatic carbocycles. The molecule has 0 aliphatic heterocycles. The standard InChI is InChI=1S/C13H15N3OS2/c1-4-10-8(2)19-13(15-10)16-11(17)9-6-5-7-14-12(9)18-3/h5-7H,4H2,1-3H3,(H,15,16,17). The summed E-state index contributed by atoms with van der Waals surface area (Å²) in [6.45, 7) is 4.07. The zero-order valence-electron chi connectivity index (χ0n) is 11.1. The molecule has 2 aromatic heterocycles. The molecule has 0 atom stereocenters. The normalized spacial score (nSPS) is 10.5. The Balaban J connectivity index is 2.20. The Morgan fingerprint density at radius 2 is 2.32 bits per heavy atom. The van der Waals surface area contributed by atoms with Gasteiger partial charge in [-0.15, -0.1) is 23.1 Å². The summed E-state index contributed by atoms with van der Waals surface area (Å²) >= 11 is 2.96. The highest BCUT2D eigenvalue weighted by molar-refractivity contribution is 7.98. The van der Waals surface area contributed by atoms with Crippen LogP contribution in [-0.4, -0.2) is 22.1 Å². The molecule has 0 aromatic carbocycles. The lowest BCUT2D eigenvalue weighted by atomic mass is 10.3. The van der Waals surface area contributed by atoms with Gasteiger partial charge >= 0.3 is 0 Å². The predicted octanol–water partition coefficient (Wildman–Crippen LogP) is 3.38. The number of aryl methyl sites for hydroxylation is 2. The van der Waals surface area contributed by atoms with Gasteiger partial charge in [0.25, 0.3) is 5.91 Å². The number of carbonyl (C=O) groups is 1. The van der Waals surface area contributed by atoms with Crippen molar-refractivity contribution < 1.29 is 4.79 Å². The minimum absolute atomic E-state index is 0.158. The first-order valence-electron chi connectivity index (χ1n) is 5.92. The molecule has 0 radical (unpaired) electrons. The number of hydrogen-bond donors (Lipinski definition) is 1. The fourth-order valence-electron chi connectivity index (χ4n) is 1.70. The topological polar surface area (TPSA) is 54.9 Å². The van der Waals surface area contributed by atoms with E-state index in [0.717, 1.165) is 22.0 Å². The van der Waals surface area contributed by atoms with E-state index < -0.39 is 0 Å². The van der Waals surface area contributed by atoms with Crippen LogP contribution in [0.3, 0.4) is 0 Å². The maximum Gasteiger partial charge on any atom is 0.260 e. The molecular weight excluding hydrogens is 278 g/mol. The van der Waals surface area contributed by atoms with E-state index in [2.05, 4.69) is 22.2 Å². The van der Waals surface area contributed by atoms with Crippen LogP contribution >= 0.6 is 23.1 Å². The van der Waals surface area contributed by atoms with E-state index in [4.69, 9.17) is 0 Å². The van der Waals surface area contributed by atoms with Crippen LogP contribution < -0.4 is 5.32 Å². The quantitative estimate of drug-likeness (QED) is 0.878. The van der Waals surface area contributed by atoms with Gasteiger partial charge in [-0.3, -0.25) is 10.1 Å². The number of hydrogen-bond acceptors (Lipinski definition) is 5. The van der Waals surface area contributed by atoms with Crippen molar-refractivity contribution in [1.29, 1.82) is 0 Å². The zero-order valence-corrected chi connectivity index (χ0v) is 12.7. The molecule has 0 bridgehead atoms. The molecule has 0 saturated carbocycles. The molecule has 100 valence electrons. The first kappa shape index (κ1) is 14.0. The SMILES string of the molecule is CCc1nc(NC(=O)c2cccnc2SC)sc1C. The number of pyridine rings is 1. The summed E-state index contributed by atoms with van der Waals surface area (Å²) in [4.78, 5) is 21.9. The van der Waals surface area contributed by atoms with E-state index in [0.29, 0.717) is 10.7 Å². The van der Waals surface area contributed by atoms with Crippen molar-refractivity contribution in [3.05, 3.63) is 34.5 Å². The lowest BCUT2D eigenvalue weighted by Crippen LogP contribution is -2.13. The average Bonchev–Trinajstić information content (AvgIpc) is 2.78. The van der Waals surface area contributed by atoms with Gasteiger partial charge < -0.3 is 0 Å². The van der Waals surface area contributed by atoms with Crippen LogP contribution in [0, 0.1) is 6.92 Å². The Morgan fingerprint density at radius 1 is 1.53 bits per heavy atom. The molecule has 0 aliphatic rings. The van der Waals surface area contributed by atoms with E-state index >= 15 is 0 Å². The van der Waals surface area contributed by atoms with Gasteiger partial charge in [-0.25, -0.2) is 9.97 Å². The van der Waals surface area contributed by atoms with Crippen LogP contribution in [0.1, 0.15) is 27.9 Å². The molecule has 1 amide bonds. The number of rotatable bonds is 4. The van der Waals surface area contributed by atoms with Crippen LogP contribution in [0.4, 0.5) is 5.13 Å². The summed E-state index contributed by atoms with van der Waals surface area (Å²) in [5, 5.41) is 4.22. The third kappa shape index (κ3) is 3.13. The highest BCUT2D eigenvalue weighted by Gasteiger charge is 2.14. The first-order chi connectivity index (χ1) is 9.15. The number of amides is 1. The van der Waals surface area contributed by atoms with Crippen molar-refractivity contribution >= 4 is 34.1 Å². The van der Waals surface area contributed by atoms with E-state index in [1.165, 1.54) is 23.1 Å². The van der Waals surface area contributed by atoms with Crippen molar-refractivity contribution in [2.45, 2.75) is 25.3 Å². The van der Waals surface area contributed by atoms with Gasteiger partial charge in [0.2, 0.25) is 0 Å². The second-order valence-corrected chi connectivity index (χ2v) is 5.89. The maximum atomic E-state index is 12.2.